The highest BCUT2D eigenvalue weighted by Crippen LogP contribution is 2.29. The van der Waals surface area contributed by atoms with Gasteiger partial charge in [-0.1, -0.05) is 0 Å². The topological polar surface area (TPSA) is 81.3 Å². The average Bonchev–Trinajstić information content (AvgIpc) is 3.10. The predicted molar refractivity (Wildman–Crippen MR) is 63.4 cm³/mol. The van der Waals surface area contributed by atoms with Crippen molar-refractivity contribution in [3.63, 3.8) is 0 Å². The van der Waals surface area contributed by atoms with E-state index in [-0.39, 0.29) is 12.5 Å². The molecule has 0 radical (unpaired) electrons. The maximum Gasteiger partial charge on any atom is 0.325 e. The molecule has 92 valence electrons. The minimum Gasteiger partial charge on any atom is -0.465 e. The molecule has 0 spiro atoms. The molecule has 1 aromatic heterocycles. The van der Waals surface area contributed by atoms with E-state index >= 15 is 0 Å². The summed E-state index contributed by atoms with van der Waals surface area (Å²) in [5.74, 6) is 0.649. The Hall–Kier alpha value is -1.85. The molecule has 0 atom stereocenters. The molecule has 1 fully saturated rings. The second kappa shape index (κ2) is 4.99. The Balaban J connectivity index is 2.09. The minimum absolute atomic E-state index is 0.183. The van der Waals surface area contributed by atoms with Crippen LogP contribution >= 0.6 is 0 Å². The fraction of sp³-hybridized carbons (Fsp3) is 0.545. The molecule has 1 aliphatic carbocycles. The molecular weight excluding hydrogens is 220 g/mol. The van der Waals surface area contributed by atoms with Crippen LogP contribution in [0, 0.1) is 0 Å². The maximum absolute atomic E-state index is 11.5. The van der Waals surface area contributed by atoms with Crippen molar-refractivity contribution in [2.75, 3.05) is 23.8 Å². The SMILES string of the molecule is CCOC(=O)CN(c1nccc(N)n1)C1CC1. The Morgan fingerprint density at radius 2 is 2.41 bits per heavy atom. The van der Waals surface area contributed by atoms with Gasteiger partial charge in [-0.3, -0.25) is 4.79 Å². The number of nitrogen functional groups attached to an aromatic ring is 1. The molecule has 0 aromatic carbocycles. The Morgan fingerprint density at radius 3 is 3.00 bits per heavy atom. The van der Waals surface area contributed by atoms with Gasteiger partial charge < -0.3 is 15.4 Å². The van der Waals surface area contributed by atoms with Crippen LogP contribution in [0.2, 0.25) is 0 Å². The van der Waals surface area contributed by atoms with Crippen LogP contribution in [0.3, 0.4) is 0 Å². The van der Waals surface area contributed by atoms with Crippen molar-refractivity contribution in [3.05, 3.63) is 12.3 Å². The Labute approximate surface area is 99.8 Å². The monoisotopic (exact) mass is 236 g/mol. The van der Waals surface area contributed by atoms with E-state index in [1.54, 1.807) is 19.2 Å². The van der Waals surface area contributed by atoms with Crippen LogP contribution in [-0.4, -0.2) is 35.1 Å². The number of carbonyl (C=O) groups is 1. The van der Waals surface area contributed by atoms with E-state index in [1.165, 1.54) is 0 Å². The van der Waals surface area contributed by atoms with E-state index in [2.05, 4.69) is 9.97 Å². The molecular formula is C11H16N4O2. The van der Waals surface area contributed by atoms with Crippen molar-refractivity contribution >= 4 is 17.7 Å². The van der Waals surface area contributed by atoms with Crippen molar-refractivity contribution < 1.29 is 9.53 Å². The molecule has 6 nitrogen and oxygen atoms in total. The number of carbonyl (C=O) groups excluding carboxylic acids is 1. The molecule has 0 unspecified atom stereocenters. The van der Waals surface area contributed by atoms with Crippen LogP contribution in [0.15, 0.2) is 12.3 Å². The third-order valence-electron chi connectivity index (χ3n) is 2.51. The second-order valence-corrected chi connectivity index (χ2v) is 3.95. The van der Waals surface area contributed by atoms with Crippen molar-refractivity contribution in [2.24, 2.45) is 0 Å². The molecule has 1 aromatic rings. The number of hydrogen-bond acceptors (Lipinski definition) is 6. The summed E-state index contributed by atoms with van der Waals surface area (Å²) in [4.78, 5) is 21.6. The first-order valence-corrected chi connectivity index (χ1v) is 5.71. The number of nitrogens with zero attached hydrogens (tertiary/aromatic N) is 3. The molecule has 0 aliphatic heterocycles. The highest BCUT2D eigenvalue weighted by Gasteiger charge is 2.32. The molecule has 2 N–H and O–H groups in total. The van der Waals surface area contributed by atoms with Gasteiger partial charge in [0.15, 0.2) is 0 Å². The van der Waals surface area contributed by atoms with Crippen molar-refractivity contribution in [3.8, 4) is 0 Å². The number of ether oxygens (including phenoxy) is 1. The quantitative estimate of drug-likeness (QED) is 0.753. The highest BCUT2D eigenvalue weighted by atomic mass is 16.5. The zero-order valence-electron chi connectivity index (χ0n) is 9.80. The maximum atomic E-state index is 11.5. The molecule has 0 bridgehead atoms. The Bertz CT molecular complexity index is 406. The molecule has 1 heterocycles. The van der Waals surface area contributed by atoms with Crippen molar-refractivity contribution in [2.45, 2.75) is 25.8 Å². The van der Waals surface area contributed by atoms with Gasteiger partial charge in [0, 0.05) is 12.2 Å². The van der Waals surface area contributed by atoms with Crippen LogP contribution in [-0.2, 0) is 9.53 Å². The molecule has 0 saturated heterocycles. The zero-order valence-corrected chi connectivity index (χ0v) is 9.80. The molecule has 0 amide bonds. The van der Waals surface area contributed by atoms with Crippen LogP contribution < -0.4 is 10.6 Å². The number of hydrogen-bond donors (Lipinski definition) is 1. The standard InChI is InChI=1S/C11H16N4O2/c1-2-17-10(16)7-15(8-3-4-8)11-13-6-5-9(12)14-11/h5-6,8H,2-4,7H2,1H3,(H2,12,13,14). The van der Waals surface area contributed by atoms with Gasteiger partial charge in [0.1, 0.15) is 12.4 Å². The van der Waals surface area contributed by atoms with Gasteiger partial charge in [-0.05, 0) is 25.8 Å². The summed E-state index contributed by atoms with van der Waals surface area (Å²) in [6, 6.07) is 1.96. The first-order valence-electron chi connectivity index (χ1n) is 5.71. The minimum atomic E-state index is -0.259. The number of esters is 1. The first-order chi connectivity index (χ1) is 8.20. The van der Waals surface area contributed by atoms with E-state index < -0.39 is 0 Å². The lowest BCUT2D eigenvalue weighted by Crippen LogP contribution is -2.34. The molecule has 1 saturated carbocycles. The summed E-state index contributed by atoms with van der Waals surface area (Å²) in [7, 11) is 0. The van der Waals surface area contributed by atoms with E-state index in [9.17, 15) is 4.79 Å². The van der Waals surface area contributed by atoms with E-state index in [0.29, 0.717) is 24.4 Å². The van der Waals surface area contributed by atoms with Crippen molar-refractivity contribution in [1.29, 1.82) is 0 Å². The number of rotatable bonds is 5. The first kappa shape index (κ1) is 11.6. The van der Waals surface area contributed by atoms with Crippen LogP contribution in [0.1, 0.15) is 19.8 Å². The third-order valence-corrected chi connectivity index (χ3v) is 2.51. The fourth-order valence-electron chi connectivity index (χ4n) is 1.60. The summed E-state index contributed by atoms with van der Waals surface area (Å²) in [6.45, 7) is 2.35. The number of anilines is 2. The van der Waals surface area contributed by atoms with Gasteiger partial charge in [-0.25, -0.2) is 4.98 Å². The van der Waals surface area contributed by atoms with Crippen LogP contribution in [0.25, 0.3) is 0 Å². The summed E-state index contributed by atoms with van der Waals surface area (Å²) >= 11 is 0. The van der Waals surface area contributed by atoms with Crippen LogP contribution in [0.4, 0.5) is 11.8 Å². The Morgan fingerprint density at radius 1 is 1.65 bits per heavy atom. The normalized spacial score (nSPS) is 14.4. The molecule has 6 heteroatoms. The van der Waals surface area contributed by atoms with E-state index in [0.717, 1.165) is 12.8 Å². The van der Waals surface area contributed by atoms with E-state index in [4.69, 9.17) is 10.5 Å². The second-order valence-electron chi connectivity index (χ2n) is 3.95. The predicted octanol–water partition coefficient (Wildman–Crippen LogP) is 0.591. The summed E-state index contributed by atoms with van der Waals surface area (Å²) < 4.78 is 4.93. The summed E-state index contributed by atoms with van der Waals surface area (Å²) in [6.07, 6.45) is 3.70. The molecule has 1 aliphatic rings. The molecule has 17 heavy (non-hydrogen) atoms. The number of nitrogens with two attached hydrogens (primary N) is 1. The van der Waals surface area contributed by atoms with Crippen molar-refractivity contribution in [1.82, 2.24) is 9.97 Å². The van der Waals surface area contributed by atoms with Gasteiger partial charge >= 0.3 is 5.97 Å². The van der Waals surface area contributed by atoms with E-state index in [1.807, 2.05) is 4.90 Å². The average molecular weight is 236 g/mol. The zero-order chi connectivity index (χ0) is 12.3. The number of aromatic nitrogens is 2. The largest absolute Gasteiger partial charge is 0.465 e. The van der Waals surface area contributed by atoms with Gasteiger partial charge in [0.05, 0.1) is 6.61 Å². The van der Waals surface area contributed by atoms with Gasteiger partial charge in [0.2, 0.25) is 5.95 Å². The van der Waals surface area contributed by atoms with Gasteiger partial charge in [0.25, 0.3) is 0 Å². The van der Waals surface area contributed by atoms with Crippen LogP contribution in [0.5, 0.6) is 0 Å². The lowest BCUT2D eigenvalue weighted by atomic mass is 10.4. The lowest BCUT2D eigenvalue weighted by Gasteiger charge is -2.20. The summed E-state index contributed by atoms with van der Waals surface area (Å²) in [5, 5.41) is 0. The molecule has 2 rings (SSSR count). The van der Waals surface area contributed by atoms with Gasteiger partial charge in [-0.2, -0.15) is 4.98 Å². The lowest BCUT2D eigenvalue weighted by molar-refractivity contribution is -0.141. The summed E-state index contributed by atoms with van der Waals surface area (Å²) in [5.41, 5.74) is 5.61. The smallest absolute Gasteiger partial charge is 0.325 e. The fourth-order valence-corrected chi connectivity index (χ4v) is 1.60. The Kier molecular flexibility index (Phi) is 3.41. The third kappa shape index (κ3) is 3.05. The van der Waals surface area contributed by atoms with Gasteiger partial charge in [-0.15, -0.1) is 0 Å². The highest BCUT2D eigenvalue weighted by molar-refractivity contribution is 5.75.